The number of esters is 1. The molecule has 0 N–H and O–H groups in total. The van der Waals surface area contributed by atoms with Gasteiger partial charge in [-0.1, -0.05) is 77.2 Å². The summed E-state index contributed by atoms with van der Waals surface area (Å²) < 4.78 is 4.14. The Kier molecular flexibility index (Phi) is 12.7. The van der Waals surface area contributed by atoms with E-state index in [1.165, 1.54) is 77.7 Å². The zero-order chi connectivity index (χ0) is 12.8. The maximum atomic E-state index is 9.84. The number of hydrogen-bond acceptors (Lipinski definition) is 2. The average molecular weight is 240 g/mol. The third-order valence-electron chi connectivity index (χ3n) is 3.12. The molecule has 1 fully saturated rings. The van der Waals surface area contributed by atoms with E-state index in [0.29, 0.717) is 0 Å². The van der Waals surface area contributed by atoms with E-state index < -0.39 is 5.97 Å². The summed E-state index contributed by atoms with van der Waals surface area (Å²) in [6.07, 6.45) is 17.6. The van der Waals surface area contributed by atoms with E-state index in [1.807, 2.05) is 0 Å². The van der Waals surface area contributed by atoms with E-state index in [4.69, 9.17) is 0 Å². The van der Waals surface area contributed by atoms with E-state index in [0.717, 1.165) is 6.08 Å². The molecule has 1 saturated carbocycles. The molecule has 2 heteroatoms. The molecule has 0 saturated heterocycles. The third-order valence-corrected chi connectivity index (χ3v) is 3.12. The highest BCUT2D eigenvalue weighted by Gasteiger charge is 1.96. The smallest absolute Gasteiger partial charge is 0.329 e. The maximum Gasteiger partial charge on any atom is 0.329 e. The first-order valence-electron chi connectivity index (χ1n) is 7.01. The van der Waals surface area contributed by atoms with Gasteiger partial charge in [-0.3, -0.25) is 0 Å². The van der Waals surface area contributed by atoms with Gasteiger partial charge in [-0.15, -0.1) is 0 Å². The van der Waals surface area contributed by atoms with Gasteiger partial charge in [-0.25, -0.2) is 4.79 Å². The van der Waals surface area contributed by atoms with Crippen molar-refractivity contribution in [2.75, 3.05) is 7.11 Å². The van der Waals surface area contributed by atoms with E-state index in [-0.39, 0.29) is 0 Å². The molecule has 0 unspecified atom stereocenters. The zero-order valence-corrected chi connectivity index (χ0v) is 11.4. The average Bonchev–Trinajstić information content (AvgIpc) is 2.44. The number of methoxy groups -OCH3 is 1. The van der Waals surface area contributed by atoms with Crippen molar-refractivity contribution in [3.05, 3.63) is 12.7 Å². The zero-order valence-electron chi connectivity index (χ0n) is 11.4. The van der Waals surface area contributed by atoms with Gasteiger partial charge >= 0.3 is 5.97 Å². The molecule has 1 aliphatic carbocycles. The van der Waals surface area contributed by atoms with Crippen LogP contribution in [0.5, 0.6) is 0 Å². The molecule has 0 aromatic rings. The first-order valence-corrected chi connectivity index (χ1v) is 7.01. The summed E-state index contributed by atoms with van der Waals surface area (Å²) in [5.74, 6) is -0.394. The highest BCUT2D eigenvalue weighted by atomic mass is 16.5. The van der Waals surface area contributed by atoms with Crippen LogP contribution in [-0.2, 0) is 9.53 Å². The SMILES string of the molecule is C1CCCCCCCCCC1.C=CC(=O)OC. The molecule has 0 aromatic carbocycles. The fourth-order valence-electron chi connectivity index (χ4n) is 2.03. The largest absolute Gasteiger partial charge is 0.466 e. The number of carbonyl (C=O) groups is 1. The van der Waals surface area contributed by atoms with Crippen LogP contribution in [0, 0.1) is 0 Å². The Morgan fingerprint density at radius 1 is 0.824 bits per heavy atom. The predicted molar refractivity (Wildman–Crippen MR) is 73.0 cm³/mol. The van der Waals surface area contributed by atoms with Gasteiger partial charge in [0.05, 0.1) is 7.11 Å². The molecule has 0 atom stereocenters. The topological polar surface area (TPSA) is 26.3 Å². The van der Waals surface area contributed by atoms with Gasteiger partial charge in [-0.2, -0.15) is 0 Å². The second-order valence-electron chi connectivity index (χ2n) is 4.62. The van der Waals surface area contributed by atoms with Gasteiger partial charge in [0, 0.05) is 6.08 Å². The summed E-state index contributed by atoms with van der Waals surface area (Å²) in [6.45, 7) is 3.16. The fraction of sp³-hybridized carbons (Fsp3) is 0.800. The molecule has 100 valence electrons. The van der Waals surface area contributed by atoms with Crippen LogP contribution in [0.25, 0.3) is 0 Å². The Balaban J connectivity index is 0.000000366. The lowest BCUT2D eigenvalue weighted by Gasteiger charge is -1.97. The van der Waals surface area contributed by atoms with Crippen LogP contribution >= 0.6 is 0 Å². The molecular formula is C15H28O2. The maximum absolute atomic E-state index is 9.84. The summed E-state index contributed by atoms with van der Waals surface area (Å²) in [6, 6.07) is 0. The molecule has 2 nitrogen and oxygen atoms in total. The Morgan fingerprint density at radius 3 is 1.12 bits per heavy atom. The normalized spacial score (nSPS) is 17.9. The van der Waals surface area contributed by atoms with Crippen LogP contribution in [0.15, 0.2) is 12.7 Å². The molecule has 17 heavy (non-hydrogen) atoms. The molecular weight excluding hydrogens is 212 g/mol. The van der Waals surface area contributed by atoms with E-state index >= 15 is 0 Å². The lowest BCUT2D eigenvalue weighted by molar-refractivity contribution is -0.134. The molecule has 0 bridgehead atoms. The fourth-order valence-corrected chi connectivity index (χ4v) is 2.03. The summed E-state index contributed by atoms with van der Waals surface area (Å²) in [4.78, 5) is 9.84. The van der Waals surface area contributed by atoms with Crippen molar-refractivity contribution in [3.8, 4) is 0 Å². The van der Waals surface area contributed by atoms with Gasteiger partial charge in [-0.05, 0) is 0 Å². The van der Waals surface area contributed by atoms with Crippen LogP contribution < -0.4 is 0 Å². The van der Waals surface area contributed by atoms with Crippen molar-refractivity contribution < 1.29 is 9.53 Å². The van der Waals surface area contributed by atoms with Crippen molar-refractivity contribution in [3.63, 3.8) is 0 Å². The monoisotopic (exact) mass is 240 g/mol. The van der Waals surface area contributed by atoms with E-state index in [9.17, 15) is 4.79 Å². The quantitative estimate of drug-likeness (QED) is 0.493. The molecule has 0 aliphatic heterocycles. The van der Waals surface area contributed by atoms with Gasteiger partial charge in [0.15, 0.2) is 0 Å². The molecule has 0 aromatic heterocycles. The van der Waals surface area contributed by atoms with Crippen molar-refractivity contribution in [2.24, 2.45) is 0 Å². The minimum absolute atomic E-state index is 0.394. The molecule has 1 aliphatic rings. The van der Waals surface area contributed by atoms with Crippen molar-refractivity contribution in [1.82, 2.24) is 0 Å². The van der Waals surface area contributed by atoms with E-state index in [1.54, 1.807) is 0 Å². The molecule has 0 heterocycles. The van der Waals surface area contributed by atoms with Crippen LogP contribution in [0.3, 0.4) is 0 Å². The number of rotatable bonds is 1. The van der Waals surface area contributed by atoms with Crippen LogP contribution in [-0.4, -0.2) is 13.1 Å². The second-order valence-corrected chi connectivity index (χ2v) is 4.62. The summed E-state index contributed by atoms with van der Waals surface area (Å²) in [7, 11) is 1.31. The third kappa shape index (κ3) is 13.1. The lowest BCUT2D eigenvalue weighted by atomic mass is 10.1. The molecule has 0 spiro atoms. The minimum Gasteiger partial charge on any atom is -0.466 e. The second kappa shape index (κ2) is 13.3. The van der Waals surface area contributed by atoms with Crippen LogP contribution in [0.1, 0.15) is 70.6 Å². The van der Waals surface area contributed by atoms with Gasteiger partial charge in [0.1, 0.15) is 0 Å². The van der Waals surface area contributed by atoms with E-state index in [2.05, 4.69) is 11.3 Å². The Bertz CT molecular complexity index is 149. The van der Waals surface area contributed by atoms with Gasteiger partial charge in [0.2, 0.25) is 0 Å². The van der Waals surface area contributed by atoms with Crippen molar-refractivity contribution in [1.29, 1.82) is 0 Å². The Hall–Kier alpha value is -0.790. The number of hydrogen-bond donors (Lipinski definition) is 0. The lowest BCUT2D eigenvalue weighted by Crippen LogP contribution is -1.91. The minimum atomic E-state index is -0.394. The number of ether oxygens (including phenoxy) is 1. The van der Waals surface area contributed by atoms with Crippen molar-refractivity contribution in [2.45, 2.75) is 70.6 Å². The van der Waals surface area contributed by atoms with Gasteiger partial charge < -0.3 is 4.74 Å². The molecule has 1 rings (SSSR count). The standard InChI is InChI=1S/C11H22.C4H6O2/c1-2-4-6-8-10-11-9-7-5-3-1;1-3-4(5)6-2/h1-11H2;3H,1H2,2H3. The highest BCUT2D eigenvalue weighted by molar-refractivity contribution is 5.80. The highest BCUT2D eigenvalue weighted by Crippen LogP contribution is 2.15. The van der Waals surface area contributed by atoms with Crippen LogP contribution in [0.2, 0.25) is 0 Å². The van der Waals surface area contributed by atoms with Crippen molar-refractivity contribution >= 4 is 5.97 Å². The summed E-state index contributed by atoms with van der Waals surface area (Å²) in [5, 5.41) is 0. The Labute approximate surface area is 106 Å². The molecule has 0 radical (unpaired) electrons. The summed E-state index contributed by atoms with van der Waals surface area (Å²) in [5.41, 5.74) is 0. The Morgan fingerprint density at radius 2 is 1.06 bits per heavy atom. The summed E-state index contributed by atoms with van der Waals surface area (Å²) >= 11 is 0. The first-order chi connectivity index (χ1) is 8.31. The first kappa shape index (κ1) is 16.2. The van der Waals surface area contributed by atoms with Gasteiger partial charge in [0.25, 0.3) is 0 Å². The number of carbonyl (C=O) groups excluding carboxylic acids is 1. The van der Waals surface area contributed by atoms with Crippen LogP contribution in [0.4, 0.5) is 0 Å². The molecule has 0 amide bonds. The predicted octanol–water partition coefficient (Wildman–Crippen LogP) is 4.64.